The van der Waals surface area contributed by atoms with E-state index in [1.807, 2.05) is 0 Å². The van der Waals surface area contributed by atoms with Crippen LogP contribution >= 0.6 is 0 Å². The molecule has 0 aromatic heterocycles. The number of fused-ring (bicyclic) bond motifs is 1. The van der Waals surface area contributed by atoms with Gasteiger partial charge in [0.2, 0.25) is 0 Å². The second-order valence-electron chi connectivity index (χ2n) is 6.55. The van der Waals surface area contributed by atoms with Crippen molar-refractivity contribution >= 4 is 0 Å². The number of nitrogens with zero attached hydrogens (tertiary/aromatic N) is 1. The molecule has 116 valence electrons. The zero-order chi connectivity index (χ0) is 14.7. The molecular weight excluding hydrogens is 260 g/mol. The van der Waals surface area contributed by atoms with Gasteiger partial charge in [0.25, 0.3) is 0 Å². The van der Waals surface area contributed by atoms with Gasteiger partial charge in [-0.2, -0.15) is 0 Å². The summed E-state index contributed by atoms with van der Waals surface area (Å²) in [5.41, 5.74) is 9.03. The highest BCUT2D eigenvalue weighted by Gasteiger charge is 2.33. The molecule has 3 atom stereocenters. The van der Waals surface area contributed by atoms with Crippen molar-refractivity contribution in [2.45, 2.75) is 57.2 Å². The van der Waals surface area contributed by atoms with Gasteiger partial charge in [-0.3, -0.25) is 4.90 Å². The molecule has 0 radical (unpaired) electrons. The van der Waals surface area contributed by atoms with Crippen LogP contribution in [0.2, 0.25) is 0 Å². The minimum Gasteiger partial charge on any atom is -0.375 e. The summed E-state index contributed by atoms with van der Waals surface area (Å²) < 4.78 is 5.95. The summed E-state index contributed by atoms with van der Waals surface area (Å²) in [7, 11) is 0. The molecule has 1 aliphatic carbocycles. The van der Waals surface area contributed by atoms with Crippen molar-refractivity contribution < 1.29 is 4.74 Å². The predicted octanol–water partition coefficient (Wildman–Crippen LogP) is 3.03. The fourth-order valence-electron chi connectivity index (χ4n) is 3.92. The largest absolute Gasteiger partial charge is 0.375 e. The number of nitrogens with two attached hydrogens (primary N) is 1. The van der Waals surface area contributed by atoms with Crippen LogP contribution in [-0.2, 0) is 4.74 Å². The van der Waals surface area contributed by atoms with E-state index in [9.17, 15) is 0 Å². The van der Waals surface area contributed by atoms with Crippen LogP contribution in [0.4, 0.5) is 0 Å². The van der Waals surface area contributed by atoms with Crippen LogP contribution in [0, 0.1) is 6.92 Å². The van der Waals surface area contributed by atoms with Gasteiger partial charge in [0.05, 0.1) is 12.7 Å². The molecule has 2 N–H and O–H groups in total. The van der Waals surface area contributed by atoms with Crippen LogP contribution in [0.15, 0.2) is 24.3 Å². The lowest BCUT2D eigenvalue weighted by atomic mass is 9.89. The molecule has 0 amide bonds. The van der Waals surface area contributed by atoms with Crippen LogP contribution in [0.25, 0.3) is 0 Å². The first-order valence-electron chi connectivity index (χ1n) is 8.42. The highest BCUT2D eigenvalue weighted by Crippen LogP contribution is 2.29. The lowest BCUT2D eigenvalue weighted by Gasteiger charge is -2.44. The summed E-state index contributed by atoms with van der Waals surface area (Å²) in [6.07, 6.45) is 6.73. The third kappa shape index (κ3) is 3.47. The number of hydrogen-bond donors (Lipinski definition) is 1. The number of aryl methyl sites for hydroxylation is 1. The first kappa shape index (κ1) is 15.0. The third-order valence-corrected chi connectivity index (χ3v) is 5.16. The van der Waals surface area contributed by atoms with Gasteiger partial charge >= 0.3 is 0 Å². The molecule has 3 rings (SSSR count). The molecule has 3 nitrogen and oxygen atoms in total. The first-order chi connectivity index (χ1) is 10.3. The fourth-order valence-corrected chi connectivity index (χ4v) is 3.92. The van der Waals surface area contributed by atoms with Gasteiger partial charge in [0.15, 0.2) is 0 Å². The fraction of sp³-hybridized carbons (Fsp3) is 0.667. The van der Waals surface area contributed by atoms with E-state index in [4.69, 9.17) is 10.5 Å². The molecule has 1 aromatic carbocycles. The molecule has 0 spiro atoms. The van der Waals surface area contributed by atoms with E-state index in [0.29, 0.717) is 12.1 Å². The molecule has 1 saturated heterocycles. The van der Waals surface area contributed by atoms with E-state index in [-0.39, 0.29) is 6.04 Å². The Morgan fingerprint density at radius 1 is 1.29 bits per heavy atom. The molecule has 2 aliphatic rings. The highest BCUT2D eigenvalue weighted by molar-refractivity contribution is 5.28. The Hall–Kier alpha value is -0.900. The summed E-state index contributed by atoms with van der Waals surface area (Å²) in [6, 6.07) is 9.28. The third-order valence-electron chi connectivity index (χ3n) is 5.16. The Morgan fingerprint density at radius 3 is 2.95 bits per heavy atom. The van der Waals surface area contributed by atoms with Crippen LogP contribution in [-0.4, -0.2) is 36.7 Å². The summed E-state index contributed by atoms with van der Waals surface area (Å²) in [5.74, 6) is 0. The van der Waals surface area contributed by atoms with Gasteiger partial charge in [-0.25, -0.2) is 0 Å². The molecule has 1 heterocycles. The van der Waals surface area contributed by atoms with Crippen molar-refractivity contribution in [3.8, 4) is 0 Å². The molecule has 1 aliphatic heterocycles. The Labute approximate surface area is 128 Å². The lowest BCUT2D eigenvalue weighted by molar-refractivity contribution is -0.0885. The van der Waals surface area contributed by atoms with Crippen molar-refractivity contribution in [2.75, 3.05) is 19.7 Å². The monoisotopic (exact) mass is 288 g/mol. The Bertz CT molecular complexity index is 460. The maximum absolute atomic E-state index is 6.42. The van der Waals surface area contributed by atoms with Crippen LogP contribution in [0.1, 0.15) is 49.3 Å². The first-order valence-corrected chi connectivity index (χ1v) is 8.42. The van der Waals surface area contributed by atoms with E-state index in [1.165, 1.54) is 36.8 Å². The standard InChI is InChI=1S/C18H28N2O/c1-14-6-2-3-7-15(14)16(19)10-11-20-12-13-21-18-9-5-4-8-17(18)20/h2-3,6-7,16-18H,4-5,8-13,19H2,1H3. The van der Waals surface area contributed by atoms with Crippen molar-refractivity contribution in [3.05, 3.63) is 35.4 Å². The second kappa shape index (κ2) is 6.91. The van der Waals surface area contributed by atoms with E-state index in [1.54, 1.807) is 0 Å². The average molecular weight is 288 g/mol. The van der Waals surface area contributed by atoms with Crippen molar-refractivity contribution in [1.82, 2.24) is 4.90 Å². The van der Waals surface area contributed by atoms with Gasteiger partial charge in [0, 0.05) is 25.2 Å². The summed E-state index contributed by atoms with van der Waals surface area (Å²) >= 11 is 0. The molecule has 0 bridgehead atoms. The maximum atomic E-state index is 6.42. The zero-order valence-electron chi connectivity index (χ0n) is 13.1. The van der Waals surface area contributed by atoms with Crippen LogP contribution < -0.4 is 5.73 Å². The lowest BCUT2D eigenvalue weighted by Crippen LogP contribution is -2.53. The summed E-state index contributed by atoms with van der Waals surface area (Å²) in [5, 5.41) is 0. The minimum atomic E-state index is 0.149. The number of hydrogen-bond acceptors (Lipinski definition) is 3. The predicted molar refractivity (Wildman–Crippen MR) is 86.3 cm³/mol. The van der Waals surface area contributed by atoms with E-state index in [0.717, 1.165) is 26.1 Å². The van der Waals surface area contributed by atoms with Crippen molar-refractivity contribution in [1.29, 1.82) is 0 Å². The number of benzene rings is 1. The molecular formula is C18H28N2O. The van der Waals surface area contributed by atoms with Crippen molar-refractivity contribution in [3.63, 3.8) is 0 Å². The minimum absolute atomic E-state index is 0.149. The Morgan fingerprint density at radius 2 is 2.10 bits per heavy atom. The van der Waals surface area contributed by atoms with Gasteiger partial charge in [-0.15, -0.1) is 0 Å². The molecule has 2 fully saturated rings. The molecule has 21 heavy (non-hydrogen) atoms. The van der Waals surface area contributed by atoms with Gasteiger partial charge in [-0.1, -0.05) is 37.1 Å². The van der Waals surface area contributed by atoms with E-state index < -0.39 is 0 Å². The van der Waals surface area contributed by atoms with Gasteiger partial charge in [-0.05, 0) is 37.3 Å². The topological polar surface area (TPSA) is 38.5 Å². The molecule has 3 unspecified atom stereocenters. The van der Waals surface area contributed by atoms with E-state index in [2.05, 4.69) is 36.1 Å². The van der Waals surface area contributed by atoms with Crippen molar-refractivity contribution in [2.24, 2.45) is 5.73 Å². The zero-order valence-corrected chi connectivity index (χ0v) is 13.1. The summed E-state index contributed by atoms with van der Waals surface area (Å²) in [4.78, 5) is 2.63. The SMILES string of the molecule is Cc1ccccc1C(N)CCN1CCOC2CCCCC21. The van der Waals surface area contributed by atoms with E-state index >= 15 is 0 Å². The van der Waals surface area contributed by atoms with Gasteiger partial charge in [0.1, 0.15) is 0 Å². The quantitative estimate of drug-likeness (QED) is 0.925. The Kier molecular flexibility index (Phi) is 4.94. The smallest absolute Gasteiger partial charge is 0.0730 e. The summed E-state index contributed by atoms with van der Waals surface area (Å²) in [6.45, 7) is 5.21. The van der Waals surface area contributed by atoms with Gasteiger partial charge < -0.3 is 10.5 Å². The van der Waals surface area contributed by atoms with Crippen LogP contribution in [0.5, 0.6) is 0 Å². The molecule has 1 aromatic rings. The van der Waals surface area contributed by atoms with Crippen LogP contribution in [0.3, 0.4) is 0 Å². The average Bonchev–Trinajstić information content (AvgIpc) is 2.53. The second-order valence-corrected chi connectivity index (χ2v) is 6.55. The number of rotatable bonds is 4. The normalized spacial score (nSPS) is 28.1. The maximum Gasteiger partial charge on any atom is 0.0730 e. The molecule has 1 saturated carbocycles. The highest BCUT2D eigenvalue weighted by atomic mass is 16.5. The number of morpholine rings is 1. The molecule has 3 heteroatoms. The number of ether oxygens (including phenoxy) is 1. The Balaban J connectivity index is 1.58.